The normalized spacial score (nSPS) is 10.8. The van der Waals surface area contributed by atoms with Crippen LogP contribution in [0.3, 0.4) is 0 Å². The van der Waals surface area contributed by atoms with Gasteiger partial charge in [0.15, 0.2) is 0 Å². The highest BCUT2D eigenvalue weighted by Crippen LogP contribution is 2.25. The number of anilines is 1. The van der Waals surface area contributed by atoms with E-state index in [2.05, 4.69) is 27.9 Å². The summed E-state index contributed by atoms with van der Waals surface area (Å²) in [5.74, 6) is 0.927. The van der Waals surface area contributed by atoms with Crippen molar-refractivity contribution in [2.75, 3.05) is 11.9 Å². The Kier molecular flexibility index (Phi) is 8.07. The molecule has 0 unspecified atom stereocenters. The minimum atomic E-state index is -0.476. The van der Waals surface area contributed by atoms with E-state index in [1.54, 1.807) is 24.3 Å². The molecule has 0 atom stereocenters. The Morgan fingerprint density at radius 1 is 1.06 bits per heavy atom. The summed E-state index contributed by atoms with van der Waals surface area (Å²) >= 11 is 2.18. The predicted octanol–water partition coefficient (Wildman–Crippen LogP) is 5.81. The van der Waals surface area contributed by atoms with Crippen LogP contribution in [0.15, 0.2) is 78.4 Å². The third-order valence-electron chi connectivity index (χ3n) is 4.27. The Balaban J connectivity index is 1.70. The van der Waals surface area contributed by atoms with Crippen molar-refractivity contribution in [3.8, 4) is 17.6 Å². The van der Waals surface area contributed by atoms with Crippen LogP contribution in [-0.2, 0) is 11.4 Å². The van der Waals surface area contributed by atoms with E-state index >= 15 is 0 Å². The third kappa shape index (κ3) is 6.59. The molecule has 0 aromatic heterocycles. The Hall–Kier alpha value is -3.31. The van der Waals surface area contributed by atoms with Crippen molar-refractivity contribution in [3.63, 3.8) is 0 Å². The zero-order chi connectivity index (χ0) is 22.1. The average Bonchev–Trinajstić information content (AvgIpc) is 2.78. The topological polar surface area (TPSA) is 71.3 Å². The van der Waals surface area contributed by atoms with E-state index < -0.39 is 5.91 Å². The fraction of sp³-hybridized carbons (Fsp3) is 0.120. The highest BCUT2D eigenvalue weighted by molar-refractivity contribution is 14.1. The first-order chi connectivity index (χ1) is 15.1. The first kappa shape index (κ1) is 22.4. The number of carbonyl (C=O) groups excluding carboxylic acids is 1. The van der Waals surface area contributed by atoms with Crippen LogP contribution < -0.4 is 14.8 Å². The van der Waals surface area contributed by atoms with E-state index in [1.807, 2.05) is 67.6 Å². The SMILES string of the molecule is CCOc1cccc(NC(=O)/C(C#N)=C\c2ccc(OCc3ccccc3)c(I)c2)c1. The summed E-state index contributed by atoms with van der Waals surface area (Å²) in [6, 6.07) is 24.5. The lowest BCUT2D eigenvalue weighted by atomic mass is 10.1. The Labute approximate surface area is 195 Å². The first-order valence-corrected chi connectivity index (χ1v) is 10.8. The third-order valence-corrected chi connectivity index (χ3v) is 5.12. The highest BCUT2D eigenvalue weighted by atomic mass is 127. The average molecular weight is 524 g/mol. The fourth-order valence-corrected chi connectivity index (χ4v) is 3.50. The van der Waals surface area contributed by atoms with Crippen molar-refractivity contribution < 1.29 is 14.3 Å². The van der Waals surface area contributed by atoms with E-state index in [1.165, 1.54) is 0 Å². The van der Waals surface area contributed by atoms with E-state index in [-0.39, 0.29) is 5.57 Å². The predicted molar refractivity (Wildman–Crippen MR) is 130 cm³/mol. The Morgan fingerprint density at radius 3 is 2.58 bits per heavy atom. The number of hydrogen-bond acceptors (Lipinski definition) is 4. The lowest BCUT2D eigenvalue weighted by Crippen LogP contribution is -2.13. The number of amides is 1. The highest BCUT2D eigenvalue weighted by Gasteiger charge is 2.11. The standard InChI is InChI=1S/C25H21IN2O3/c1-2-30-22-10-6-9-21(15-22)28-25(29)20(16-27)13-19-11-12-24(23(26)14-19)31-17-18-7-4-3-5-8-18/h3-15H,2,17H2,1H3,(H,28,29)/b20-13-. The molecule has 156 valence electrons. The Bertz CT molecular complexity index is 1120. The zero-order valence-electron chi connectivity index (χ0n) is 17.0. The smallest absolute Gasteiger partial charge is 0.266 e. The molecule has 0 fully saturated rings. The minimum Gasteiger partial charge on any atom is -0.494 e. The van der Waals surface area contributed by atoms with Crippen molar-refractivity contribution in [1.29, 1.82) is 5.26 Å². The van der Waals surface area contributed by atoms with Gasteiger partial charge in [-0.15, -0.1) is 0 Å². The maximum atomic E-state index is 12.6. The van der Waals surface area contributed by atoms with Gasteiger partial charge in [0, 0.05) is 11.8 Å². The van der Waals surface area contributed by atoms with E-state index in [9.17, 15) is 10.1 Å². The zero-order valence-corrected chi connectivity index (χ0v) is 19.1. The number of nitriles is 1. The summed E-state index contributed by atoms with van der Waals surface area (Å²) in [7, 11) is 0. The maximum absolute atomic E-state index is 12.6. The van der Waals surface area contributed by atoms with Gasteiger partial charge in [0.05, 0.1) is 10.2 Å². The van der Waals surface area contributed by atoms with Gasteiger partial charge in [-0.25, -0.2) is 0 Å². The molecule has 6 heteroatoms. The number of ether oxygens (including phenoxy) is 2. The summed E-state index contributed by atoms with van der Waals surface area (Å²) in [6.07, 6.45) is 1.56. The van der Waals surface area contributed by atoms with E-state index in [0.717, 1.165) is 20.4 Å². The molecule has 0 saturated carbocycles. The second-order valence-electron chi connectivity index (χ2n) is 6.55. The number of benzene rings is 3. The summed E-state index contributed by atoms with van der Waals surface area (Å²) in [6.45, 7) is 2.89. The fourth-order valence-electron chi connectivity index (χ4n) is 2.80. The summed E-state index contributed by atoms with van der Waals surface area (Å²) in [4.78, 5) is 12.6. The lowest BCUT2D eigenvalue weighted by molar-refractivity contribution is -0.112. The number of nitrogens with zero attached hydrogens (tertiary/aromatic N) is 1. The van der Waals surface area contributed by atoms with Crippen LogP contribution >= 0.6 is 22.6 Å². The van der Waals surface area contributed by atoms with Gasteiger partial charge in [0.25, 0.3) is 5.91 Å². The van der Waals surface area contributed by atoms with Crippen molar-refractivity contribution >= 4 is 40.3 Å². The molecule has 0 spiro atoms. The van der Waals surface area contributed by atoms with Crippen molar-refractivity contribution in [2.45, 2.75) is 13.5 Å². The van der Waals surface area contributed by atoms with E-state index in [4.69, 9.17) is 9.47 Å². The van der Waals surface area contributed by atoms with Gasteiger partial charge < -0.3 is 14.8 Å². The van der Waals surface area contributed by atoms with Crippen molar-refractivity contribution in [1.82, 2.24) is 0 Å². The molecule has 1 N–H and O–H groups in total. The second-order valence-corrected chi connectivity index (χ2v) is 7.71. The Morgan fingerprint density at radius 2 is 1.87 bits per heavy atom. The van der Waals surface area contributed by atoms with Crippen LogP contribution in [0.5, 0.6) is 11.5 Å². The van der Waals surface area contributed by atoms with Crippen molar-refractivity contribution in [2.24, 2.45) is 0 Å². The lowest BCUT2D eigenvalue weighted by Gasteiger charge is -2.09. The van der Waals surface area contributed by atoms with Crippen LogP contribution in [0.25, 0.3) is 6.08 Å². The first-order valence-electron chi connectivity index (χ1n) is 9.71. The number of halogens is 1. The summed E-state index contributed by atoms with van der Waals surface area (Å²) in [5.41, 5.74) is 2.40. The van der Waals surface area contributed by atoms with Gasteiger partial charge in [-0.05, 0) is 71.0 Å². The van der Waals surface area contributed by atoms with Crippen molar-refractivity contribution in [3.05, 3.63) is 93.1 Å². The molecule has 0 aliphatic carbocycles. The molecular formula is C25H21IN2O3. The van der Waals surface area contributed by atoms with Crippen LogP contribution in [-0.4, -0.2) is 12.5 Å². The van der Waals surface area contributed by atoms with Crippen LogP contribution in [0.1, 0.15) is 18.1 Å². The van der Waals surface area contributed by atoms with Crippen LogP contribution in [0.2, 0.25) is 0 Å². The molecule has 31 heavy (non-hydrogen) atoms. The van der Waals surface area contributed by atoms with Crippen LogP contribution in [0, 0.1) is 14.9 Å². The molecule has 3 aromatic rings. The molecule has 0 radical (unpaired) electrons. The monoisotopic (exact) mass is 524 g/mol. The molecular weight excluding hydrogens is 503 g/mol. The summed E-state index contributed by atoms with van der Waals surface area (Å²) < 4.78 is 12.2. The molecule has 1 amide bonds. The second kappa shape index (κ2) is 11.2. The number of hydrogen-bond donors (Lipinski definition) is 1. The number of nitrogens with one attached hydrogen (secondary N) is 1. The molecule has 3 rings (SSSR count). The molecule has 0 aliphatic rings. The molecule has 0 aliphatic heterocycles. The quantitative estimate of drug-likeness (QED) is 0.229. The molecule has 0 heterocycles. The number of rotatable bonds is 8. The summed E-state index contributed by atoms with van der Waals surface area (Å²) in [5, 5.41) is 12.2. The van der Waals surface area contributed by atoms with Crippen LogP contribution in [0.4, 0.5) is 5.69 Å². The van der Waals surface area contributed by atoms with Gasteiger partial charge in [-0.1, -0.05) is 42.5 Å². The minimum absolute atomic E-state index is 0.00978. The van der Waals surface area contributed by atoms with Gasteiger partial charge in [-0.3, -0.25) is 4.79 Å². The van der Waals surface area contributed by atoms with Gasteiger partial charge in [0.1, 0.15) is 29.7 Å². The molecule has 0 saturated heterocycles. The van der Waals surface area contributed by atoms with Gasteiger partial charge >= 0.3 is 0 Å². The maximum Gasteiger partial charge on any atom is 0.266 e. The van der Waals surface area contributed by atoms with Gasteiger partial charge in [-0.2, -0.15) is 5.26 Å². The largest absolute Gasteiger partial charge is 0.494 e. The molecule has 0 bridgehead atoms. The molecule has 5 nitrogen and oxygen atoms in total. The molecule has 3 aromatic carbocycles. The number of carbonyl (C=O) groups is 1. The van der Waals surface area contributed by atoms with Gasteiger partial charge in [0.2, 0.25) is 0 Å². The van der Waals surface area contributed by atoms with E-state index in [0.29, 0.717) is 24.7 Å².